The lowest BCUT2D eigenvalue weighted by Gasteiger charge is -2.25. The first kappa shape index (κ1) is 15.9. The smallest absolute Gasteiger partial charge is 0.304 e. The van der Waals surface area contributed by atoms with Gasteiger partial charge >= 0.3 is 5.97 Å². The fourth-order valence-corrected chi connectivity index (χ4v) is 1.61. The molecule has 0 aromatic carbocycles. The van der Waals surface area contributed by atoms with Crippen LogP contribution in [-0.4, -0.2) is 47.6 Å². The van der Waals surface area contributed by atoms with Crippen molar-refractivity contribution in [2.45, 2.75) is 46.1 Å². The largest absolute Gasteiger partial charge is 0.481 e. The van der Waals surface area contributed by atoms with Crippen LogP contribution in [-0.2, 0) is 9.59 Å². The van der Waals surface area contributed by atoms with E-state index in [-0.39, 0.29) is 24.9 Å². The minimum Gasteiger partial charge on any atom is -0.481 e. The van der Waals surface area contributed by atoms with E-state index < -0.39 is 5.97 Å². The van der Waals surface area contributed by atoms with Gasteiger partial charge < -0.3 is 10.4 Å². The number of likely N-dealkylation sites (N-methyl/N-ethyl adjacent to an activating group) is 1. The van der Waals surface area contributed by atoms with Crippen LogP contribution >= 0.6 is 0 Å². The summed E-state index contributed by atoms with van der Waals surface area (Å²) in [5.74, 6) is -0.861. The first-order valence-corrected chi connectivity index (χ1v) is 6.23. The van der Waals surface area contributed by atoms with Gasteiger partial charge in [-0.05, 0) is 19.9 Å². The zero-order valence-corrected chi connectivity index (χ0v) is 11.0. The van der Waals surface area contributed by atoms with Gasteiger partial charge in [0, 0.05) is 12.6 Å². The molecule has 0 saturated heterocycles. The Hall–Kier alpha value is -1.10. The Morgan fingerprint density at radius 3 is 2.47 bits per heavy atom. The van der Waals surface area contributed by atoms with Gasteiger partial charge in [-0.25, -0.2) is 0 Å². The standard InChI is InChI=1S/C12H24N2O3/c1-4-6-7-13-11(15)9-14(5-2)10(3)8-12(16)17/h10H,4-9H2,1-3H3,(H,13,15)(H,16,17). The molecule has 1 amide bonds. The molecule has 0 saturated carbocycles. The molecule has 0 aromatic rings. The van der Waals surface area contributed by atoms with Crippen LogP contribution in [0.4, 0.5) is 0 Å². The molecule has 0 fully saturated rings. The Morgan fingerprint density at radius 1 is 1.35 bits per heavy atom. The zero-order chi connectivity index (χ0) is 13.3. The average Bonchev–Trinajstić information content (AvgIpc) is 2.25. The van der Waals surface area contributed by atoms with Gasteiger partial charge in [0.05, 0.1) is 13.0 Å². The van der Waals surface area contributed by atoms with E-state index in [4.69, 9.17) is 5.11 Å². The van der Waals surface area contributed by atoms with E-state index in [0.29, 0.717) is 13.1 Å². The summed E-state index contributed by atoms with van der Waals surface area (Å²) < 4.78 is 0. The molecule has 0 bridgehead atoms. The first-order valence-electron chi connectivity index (χ1n) is 6.23. The number of rotatable bonds is 9. The fraction of sp³-hybridized carbons (Fsp3) is 0.833. The Balaban J connectivity index is 4.02. The van der Waals surface area contributed by atoms with Crippen molar-refractivity contribution in [2.75, 3.05) is 19.6 Å². The van der Waals surface area contributed by atoms with Crippen LogP contribution in [0, 0.1) is 0 Å². The van der Waals surface area contributed by atoms with Gasteiger partial charge in [-0.2, -0.15) is 0 Å². The third-order valence-electron chi connectivity index (χ3n) is 2.70. The summed E-state index contributed by atoms with van der Waals surface area (Å²) in [7, 11) is 0. The van der Waals surface area contributed by atoms with Gasteiger partial charge in [-0.3, -0.25) is 14.5 Å². The maximum atomic E-state index is 11.6. The summed E-state index contributed by atoms with van der Waals surface area (Å²) in [4.78, 5) is 24.0. The lowest BCUT2D eigenvalue weighted by molar-refractivity contribution is -0.138. The quantitative estimate of drug-likeness (QED) is 0.596. The number of aliphatic carboxylic acids is 1. The van der Waals surface area contributed by atoms with E-state index in [1.165, 1.54) is 0 Å². The van der Waals surface area contributed by atoms with Gasteiger partial charge in [0.1, 0.15) is 0 Å². The molecule has 0 aromatic heterocycles. The van der Waals surface area contributed by atoms with Gasteiger partial charge in [-0.1, -0.05) is 20.3 Å². The summed E-state index contributed by atoms with van der Waals surface area (Å²) in [5, 5.41) is 11.5. The van der Waals surface area contributed by atoms with Gasteiger partial charge in [-0.15, -0.1) is 0 Å². The summed E-state index contributed by atoms with van der Waals surface area (Å²) in [6, 6.07) is -0.116. The molecular formula is C12H24N2O3. The monoisotopic (exact) mass is 244 g/mol. The maximum absolute atomic E-state index is 11.6. The van der Waals surface area contributed by atoms with E-state index >= 15 is 0 Å². The van der Waals surface area contributed by atoms with Crippen LogP contribution in [0.25, 0.3) is 0 Å². The normalized spacial score (nSPS) is 12.5. The highest BCUT2D eigenvalue weighted by molar-refractivity contribution is 5.78. The number of unbranched alkanes of at least 4 members (excludes halogenated alkanes) is 1. The van der Waals surface area contributed by atoms with Gasteiger partial charge in [0.15, 0.2) is 0 Å². The molecule has 0 aliphatic carbocycles. The van der Waals surface area contributed by atoms with Crippen molar-refractivity contribution in [3.8, 4) is 0 Å². The molecule has 0 radical (unpaired) electrons. The minimum atomic E-state index is -0.831. The molecule has 0 aliphatic heterocycles. The Bertz CT molecular complexity index is 244. The zero-order valence-electron chi connectivity index (χ0n) is 11.0. The maximum Gasteiger partial charge on any atom is 0.304 e. The molecule has 5 heteroatoms. The second-order valence-electron chi connectivity index (χ2n) is 4.21. The average molecular weight is 244 g/mol. The summed E-state index contributed by atoms with van der Waals surface area (Å²) in [6.45, 7) is 7.47. The van der Waals surface area contributed by atoms with E-state index in [1.54, 1.807) is 0 Å². The van der Waals surface area contributed by atoms with Crippen LogP contribution in [0.1, 0.15) is 40.0 Å². The molecule has 2 N–H and O–H groups in total. The van der Waals surface area contributed by atoms with E-state index in [1.807, 2.05) is 18.7 Å². The molecular weight excluding hydrogens is 220 g/mol. The Morgan fingerprint density at radius 2 is 2.00 bits per heavy atom. The van der Waals surface area contributed by atoms with Crippen molar-refractivity contribution < 1.29 is 14.7 Å². The molecule has 5 nitrogen and oxygen atoms in total. The number of carboxylic acids is 1. The fourth-order valence-electron chi connectivity index (χ4n) is 1.61. The summed E-state index contributed by atoms with van der Waals surface area (Å²) in [6.07, 6.45) is 2.09. The predicted molar refractivity (Wildman–Crippen MR) is 66.9 cm³/mol. The number of carbonyl (C=O) groups excluding carboxylic acids is 1. The molecule has 1 unspecified atom stereocenters. The first-order chi connectivity index (χ1) is 8.01. The highest BCUT2D eigenvalue weighted by atomic mass is 16.4. The van der Waals surface area contributed by atoms with E-state index in [2.05, 4.69) is 12.2 Å². The Kier molecular flexibility index (Phi) is 8.40. The Labute approximate surface area is 103 Å². The molecule has 0 aliphatic rings. The third-order valence-corrected chi connectivity index (χ3v) is 2.70. The number of carboxylic acid groups (broad SMARTS) is 1. The molecule has 0 heterocycles. The van der Waals surface area contributed by atoms with Crippen LogP contribution in [0.15, 0.2) is 0 Å². The number of nitrogens with zero attached hydrogens (tertiary/aromatic N) is 1. The SMILES string of the molecule is CCCCNC(=O)CN(CC)C(C)CC(=O)O. The number of amides is 1. The molecule has 1 atom stereocenters. The second kappa shape index (κ2) is 8.98. The number of carbonyl (C=O) groups is 2. The van der Waals surface area contributed by atoms with Crippen molar-refractivity contribution in [3.63, 3.8) is 0 Å². The molecule has 100 valence electrons. The van der Waals surface area contributed by atoms with Crippen LogP contribution in [0.2, 0.25) is 0 Å². The van der Waals surface area contributed by atoms with E-state index in [9.17, 15) is 9.59 Å². The molecule has 17 heavy (non-hydrogen) atoms. The number of nitrogens with one attached hydrogen (secondary N) is 1. The van der Waals surface area contributed by atoms with E-state index in [0.717, 1.165) is 12.8 Å². The predicted octanol–water partition coefficient (Wildman–Crippen LogP) is 1.09. The van der Waals surface area contributed by atoms with Gasteiger partial charge in [0.2, 0.25) is 5.91 Å². The minimum absolute atomic E-state index is 0.0301. The lowest BCUT2D eigenvalue weighted by atomic mass is 10.2. The number of hydrogen-bond acceptors (Lipinski definition) is 3. The van der Waals surface area contributed by atoms with Crippen molar-refractivity contribution >= 4 is 11.9 Å². The van der Waals surface area contributed by atoms with Crippen molar-refractivity contribution in [2.24, 2.45) is 0 Å². The highest BCUT2D eigenvalue weighted by Gasteiger charge is 2.17. The summed E-state index contributed by atoms with van der Waals surface area (Å²) >= 11 is 0. The number of hydrogen-bond donors (Lipinski definition) is 2. The summed E-state index contributed by atoms with van der Waals surface area (Å²) in [5.41, 5.74) is 0. The molecule has 0 spiro atoms. The van der Waals surface area contributed by atoms with Crippen LogP contribution in [0.3, 0.4) is 0 Å². The van der Waals surface area contributed by atoms with Crippen molar-refractivity contribution in [1.29, 1.82) is 0 Å². The lowest BCUT2D eigenvalue weighted by Crippen LogP contribution is -2.42. The van der Waals surface area contributed by atoms with Crippen LogP contribution < -0.4 is 5.32 Å². The third kappa shape index (κ3) is 7.74. The second-order valence-corrected chi connectivity index (χ2v) is 4.21. The van der Waals surface area contributed by atoms with Gasteiger partial charge in [0.25, 0.3) is 0 Å². The van der Waals surface area contributed by atoms with Crippen LogP contribution in [0.5, 0.6) is 0 Å². The topological polar surface area (TPSA) is 69.6 Å². The van der Waals surface area contributed by atoms with Crippen molar-refractivity contribution in [3.05, 3.63) is 0 Å². The highest BCUT2D eigenvalue weighted by Crippen LogP contribution is 2.03. The molecule has 0 rings (SSSR count). The van der Waals surface area contributed by atoms with Crippen molar-refractivity contribution in [1.82, 2.24) is 10.2 Å².